The van der Waals surface area contributed by atoms with Gasteiger partial charge in [-0.1, -0.05) is 61.9 Å². The highest BCUT2D eigenvalue weighted by molar-refractivity contribution is 7.98. The molecule has 1 aliphatic rings. The second kappa shape index (κ2) is 12.5. The molecule has 7 nitrogen and oxygen atoms in total. The Morgan fingerprint density at radius 2 is 1.62 bits per heavy atom. The fraction of sp³-hybridized carbons (Fsp3) is 0.423. The SMILES string of the molecule is CCCC(CC(=O)N[C@H](CCSC)C(=O)O)NC(=O)OCC1c2ccccc2-c2ccccc21. The summed E-state index contributed by atoms with van der Waals surface area (Å²) in [5.41, 5.74) is 4.57. The topological polar surface area (TPSA) is 105 Å². The van der Waals surface area contributed by atoms with Crippen molar-refractivity contribution in [3.05, 3.63) is 59.7 Å². The summed E-state index contributed by atoms with van der Waals surface area (Å²) in [7, 11) is 0. The number of carboxylic acids is 1. The number of rotatable bonds is 12. The van der Waals surface area contributed by atoms with Crippen LogP contribution in [0.2, 0.25) is 0 Å². The van der Waals surface area contributed by atoms with Gasteiger partial charge in [0.05, 0.1) is 0 Å². The molecule has 0 radical (unpaired) electrons. The zero-order valence-corrected chi connectivity index (χ0v) is 20.4. The van der Waals surface area contributed by atoms with Crippen molar-refractivity contribution in [3.63, 3.8) is 0 Å². The van der Waals surface area contributed by atoms with Crippen molar-refractivity contribution in [2.75, 3.05) is 18.6 Å². The number of carbonyl (C=O) groups is 3. The van der Waals surface area contributed by atoms with Crippen molar-refractivity contribution in [3.8, 4) is 11.1 Å². The summed E-state index contributed by atoms with van der Waals surface area (Å²) in [6.45, 7) is 2.16. The van der Waals surface area contributed by atoms with Gasteiger partial charge in [0.1, 0.15) is 12.6 Å². The van der Waals surface area contributed by atoms with Crippen LogP contribution in [0.3, 0.4) is 0 Å². The smallest absolute Gasteiger partial charge is 0.407 e. The fourth-order valence-electron chi connectivity index (χ4n) is 4.35. The summed E-state index contributed by atoms with van der Waals surface area (Å²) in [6.07, 6.45) is 3.00. The second-order valence-electron chi connectivity index (χ2n) is 8.40. The van der Waals surface area contributed by atoms with Gasteiger partial charge in [-0.2, -0.15) is 11.8 Å². The molecule has 2 amide bonds. The first-order chi connectivity index (χ1) is 16.4. The van der Waals surface area contributed by atoms with Crippen molar-refractivity contribution < 1.29 is 24.2 Å². The van der Waals surface area contributed by atoms with Crippen LogP contribution >= 0.6 is 11.8 Å². The first kappa shape index (κ1) is 25.6. The Hall–Kier alpha value is -3.00. The number of carboxylic acid groups (broad SMARTS) is 1. The molecule has 2 atom stereocenters. The van der Waals surface area contributed by atoms with Crippen LogP contribution in [-0.2, 0) is 14.3 Å². The number of fused-ring (bicyclic) bond motifs is 3. The van der Waals surface area contributed by atoms with Crippen molar-refractivity contribution in [2.45, 2.75) is 50.6 Å². The van der Waals surface area contributed by atoms with Gasteiger partial charge in [-0.25, -0.2) is 9.59 Å². The van der Waals surface area contributed by atoms with Crippen LogP contribution in [0.1, 0.15) is 49.7 Å². The van der Waals surface area contributed by atoms with Gasteiger partial charge in [-0.15, -0.1) is 0 Å². The van der Waals surface area contributed by atoms with Gasteiger partial charge in [0, 0.05) is 18.4 Å². The lowest BCUT2D eigenvalue weighted by Gasteiger charge is -2.20. The summed E-state index contributed by atoms with van der Waals surface area (Å²) in [5.74, 6) is -0.864. The number of hydrogen-bond donors (Lipinski definition) is 3. The Balaban J connectivity index is 1.57. The predicted molar refractivity (Wildman–Crippen MR) is 134 cm³/mol. The van der Waals surface area contributed by atoms with Gasteiger partial charge in [0.2, 0.25) is 5.91 Å². The predicted octanol–water partition coefficient (Wildman–Crippen LogP) is 4.41. The first-order valence-corrected chi connectivity index (χ1v) is 13.0. The highest BCUT2D eigenvalue weighted by Crippen LogP contribution is 2.44. The maximum absolute atomic E-state index is 12.6. The van der Waals surface area contributed by atoms with E-state index in [9.17, 15) is 19.5 Å². The summed E-state index contributed by atoms with van der Waals surface area (Å²) < 4.78 is 5.59. The third-order valence-corrected chi connectivity index (χ3v) is 6.62. The van der Waals surface area contributed by atoms with E-state index in [0.717, 1.165) is 28.7 Å². The van der Waals surface area contributed by atoms with E-state index in [1.807, 2.05) is 37.4 Å². The summed E-state index contributed by atoms with van der Waals surface area (Å²) >= 11 is 1.52. The number of carbonyl (C=O) groups excluding carboxylic acids is 2. The molecule has 182 valence electrons. The molecule has 1 aliphatic carbocycles. The lowest BCUT2D eigenvalue weighted by molar-refractivity contribution is -0.141. The minimum atomic E-state index is -1.06. The number of benzene rings is 2. The Kier molecular flexibility index (Phi) is 9.39. The molecule has 0 bridgehead atoms. The average Bonchev–Trinajstić information content (AvgIpc) is 3.14. The summed E-state index contributed by atoms with van der Waals surface area (Å²) in [6, 6.07) is 14.9. The van der Waals surface area contributed by atoms with Crippen molar-refractivity contribution in [1.29, 1.82) is 0 Å². The van der Waals surface area contributed by atoms with Gasteiger partial charge in [-0.05, 0) is 47.1 Å². The summed E-state index contributed by atoms with van der Waals surface area (Å²) in [4.78, 5) is 36.5. The molecule has 8 heteroatoms. The maximum Gasteiger partial charge on any atom is 0.407 e. The van der Waals surface area contributed by atoms with E-state index in [1.165, 1.54) is 11.8 Å². The largest absolute Gasteiger partial charge is 0.480 e. The lowest BCUT2D eigenvalue weighted by Crippen LogP contribution is -2.45. The number of aliphatic carboxylic acids is 1. The first-order valence-electron chi connectivity index (χ1n) is 11.6. The standard InChI is InChI=1S/C26H32N2O5S/c1-3-8-17(15-24(29)28-23(25(30)31)13-14-34-2)27-26(32)33-16-22-20-11-6-4-9-18(20)19-10-5-7-12-21(19)22/h4-7,9-12,17,22-23H,3,8,13-16H2,1-2H3,(H,27,32)(H,28,29)(H,30,31)/t17?,23-/m1/s1. The number of ether oxygens (including phenoxy) is 1. The van der Waals surface area contributed by atoms with Gasteiger partial charge in [0.15, 0.2) is 0 Å². The van der Waals surface area contributed by atoms with Crippen LogP contribution < -0.4 is 10.6 Å². The molecule has 1 unspecified atom stereocenters. The molecule has 0 saturated carbocycles. The fourth-order valence-corrected chi connectivity index (χ4v) is 4.82. The summed E-state index contributed by atoms with van der Waals surface area (Å²) in [5, 5.41) is 14.7. The third-order valence-electron chi connectivity index (χ3n) is 5.98. The number of hydrogen-bond acceptors (Lipinski definition) is 5. The number of thioether (sulfide) groups is 1. The molecule has 0 heterocycles. The van der Waals surface area contributed by atoms with Gasteiger partial charge in [0.25, 0.3) is 0 Å². The van der Waals surface area contributed by atoms with Crippen molar-refractivity contribution in [2.24, 2.45) is 0 Å². The molecular formula is C26H32N2O5S. The van der Waals surface area contributed by atoms with Crippen LogP contribution in [0.5, 0.6) is 0 Å². The van der Waals surface area contributed by atoms with Crippen molar-refractivity contribution in [1.82, 2.24) is 10.6 Å². The van der Waals surface area contributed by atoms with Crippen molar-refractivity contribution >= 4 is 29.7 Å². The lowest BCUT2D eigenvalue weighted by atomic mass is 9.98. The van der Waals surface area contributed by atoms with Gasteiger partial charge < -0.3 is 20.5 Å². The maximum atomic E-state index is 12.6. The number of amides is 2. The normalized spacial score (nSPS) is 13.9. The Labute approximate surface area is 204 Å². The monoisotopic (exact) mass is 484 g/mol. The highest BCUT2D eigenvalue weighted by atomic mass is 32.2. The molecule has 0 fully saturated rings. The van der Waals surface area contributed by atoms with Crippen LogP contribution in [0.4, 0.5) is 4.79 Å². The minimum absolute atomic E-state index is 0.00107. The Bertz CT molecular complexity index is 967. The molecule has 2 aromatic rings. The van der Waals surface area contributed by atoms with Crippen LogP contribution in [0.25, 0.3) is 11.1 Å². The van der Waals surface area contributed by atoms with E-state index in [4.69, 9.17) is 4.74 Å². The van der Waals surface area contributed by atoms with E-state index >= 15 is 0 Å². The van der Waals surface area contributed by atoms with Gasteiger partial charge >= 0.3 is 12.1 Å². The molecule has 0 aliphatic heterocycles. The third kappa shape index (κ3) is 6.53. The Morgan fingerprint density at radius 3 is 2.18 bits per heavy atom. The van der Waals surface area contributed by atoms with Gasteiger partial charge in [-0.3, -0.25) is 4.79 Å². The molecule has 2 aromatic carbocycles. The Morgan fingerprint density at radius 1 is 1.00 bits per heavy atom. The zero-order chi connectivity index (χ0) is 24.5. The van der Waals surface area contributed by atoms with E-state index in [2.05, 4.69) is 34.9 Å². The van der Waals surface area contributed by atoms with E-state index in [-0.39, 0.29) is 18.9 Å². The molecule has 3 rings (SSSR count). The number of nitrogens with one attached hydrogen (secondary N) is 2. The molecule has 34 heavy (non-hydrogen) atoms. The molecular weight excluding hydrogens is 452 g/mol. The molecule has 3 N–H and O–H groups in total. The van der Waals surface area contributed by atoms with E-state index < -0.39 is 30.1 Å². The van der Waals surface area contributed by atoms with Crippen LogP contribution in [0.15, 0.2) is 48.5 Å². The molecule has 0 spiro atoms. The average molecular weight is 485 g/mol. The van der Waals surface area contributed by atoms with Crippen LogP contribution in [-0.4, -0.2) is 53.8 Å². The quantitative estimate of drug-likeness (QED) is 0.412. The molecule has 0 aromatic heterocycles. The highest BCUT2D eigenvalue weighted by Gasteiger charge is 2.29. The number of alkyl carbamates (subject to hydrolysis) is 1. The molecule has 0 saturated heterocycles. The second-order valence-corrected chi connectivity index (χ2v) is 9.39. The van der Waals surface area contributed by atoms with E-state index in [1.54, 1.807) is 0 Å². The minimum Gasteiger partial charge on any atom is -0.480 e. The van der Waals surface area contributed by atoms with Crippen LogP contribution in [0, 0.1) is 0 Å². The zero-order valence-electron chi connectivity index (χ0n) is 19.6. The van der Waals surface area contributed by atoms with E-state index in [0.29, 0.717) is 18.6 Å².